The van der Waals surface area contributed by atoms with Gasteiger partial charge in [0.1, 0.15) is 10.8 Å². The van der Waals surface area contributed by atoms with Crippen LogP contribution in [-0.4, -0.2) is 52.3 Å². The van der Waals surface area contributed by atoms with Gasteiger partial charge in [-0.1, -0.05) is 32.4 Å². The molecule has 0 N–H and O–H groups in total. The van der Waals surface area contributed by atoms with Crippen LogP contribution in [0.5, 0.6) is 0 Å². The molecular weight excluding hydrogens is 572 g/mol. The molecule has 1 fully saturated rings. The molecule has 0 bridgehead atoms. The number of ether oxygens (including phenoxy) is 1. The predicted octanol–water partition coefficient (Wildman–Crippen LogP) is 5.72. The van der Waals surface area contributed by atoms with E-state index in [2.05, 4.69) is 5.10 Å². The molecule has 0 aliphatic carbocycles. The number of anilines is 1. The molecule has 210 valence electrons. The fraction of sp³-hybridized carbons (Fsp3) is 0.357. The Balaban J connectivity index is 1.54. The maximum absolute atomic E-state index is 13.5. The summed E-state index contributed by atoms with van der Waals surface area (Å²) in [7, 11) is 0. The van der Waals surface area contributed by atoms with E-state index < -0.39 is 5.41 Å². The minimum absolute atomic E-state index is 0.156. The van der Waals surface area contributed by atoms with Crippen LogP contribution in [0, 0.1) is 5.41 Å². The van der Waals surface area contributed by atoms with Gasteiger partial charge in [0.05, 0.1) is 36.1 Å². The van der Waals surface area contributed by atoms with Crippen LogP contribution in [0.3, 0.4) is 0 Å². The molecule has 1 aliphatic rings. The van der Waals surface area contributed by atoms with Gasteiger partial charge in [-0.3, -0.25) is 19.0 Å². The number of halogens is 1. The lowest BCUT2D eigenvalue weighted by Crippen LogP contribution is -2.40. The first-order chi connectivity index (χ1) is 19.1. The molecule has 12 heteroatoms. The number of aromatic nitrogens is 3. The minimum atomic E-state index is -0.667. The first-order valence-electron chi connectivity index (χ1n) is 12.8. The summed E-state index contributed by atoms with van der Waals surface area (Å²) in [6.45, 7) is 7.52. The third kappa shape index (κ3) is 6.27. The Bertz CT molecular complexity index is 1580. The van der Waals surface area contributed by atoms with Crippen molar-refractivity contribution in [3.05, 3.63) is 74.1 Å². The summed E-state index contributed by atoms with van der Waals surface area (Å²) in [5, 5.41) is 5.34. The Kier molecular flexibility index (Phi) is 8.37. The van der Waals surface area contributed by atoms with E-state index in [1.54, 1.807) is 12.1 Å². The number of nitrogens with zero attached hydrogens (tertiary/aromatic N) is 4. The highest BCUT2D eigenvalue weighted by Crippen LogP contribution is 2.33. The predicted molar refractivity (Wildman–Crippen MR) is 157 cm³/mol. The molecule has 1 saturated heterocycles. The van der Waals surface area contributed by atoms with Gasteiger partial charge in [-0.25, -0.2) is 0 Å². The zero-order valence-electron chi connectivity index (χ0n) is 22.4. The molecule has 5 heterocycles. The van der Waals surface area contributed by atoms with Crippen LogP contribution in [0.15, 0.2) is 63.0 Å². The van der Waals surface area contributed by atoms with Gasteiger partial charge in [0.2, 0.25) is 5.78 Å². The van der Waals surface area contributed by atoms with E-state index in [1.807, 2.05) is 49.9 Å². The third-order valence-corrected chi connectivity index (χ3v) is 8.79. The first-order valence-corrected chi connectivity index (χ1v) is 14.9. The number of Topliss-reactive ketones (excluding diaryl/α,β-unsaturated/α-hetero) is 1. The molecule has 40 heavy (non-hydrogen) atoms. The molecule has 1 aliphatic heterocycles. The quantitative estimate of drug-likeness (QED) is 0.187. The highest BCUT2D eigenvalue weighted by Gasteiger charge is 2.28. The van der Waals surface area contributed by atoms with Crippen molar-refractivity contribution in [1.82, 2.24) is 14.3 Å². The molecule has 4 aromatic heterocycles. The molecule has 0 spiro atoms. The second kappa shape index (κ2) is 11.8. The average molecular weight is 601 g/mol. The number of pyridine rings is 1. The zero-order valence-corrected chi connectivity index (χ0v) is 24.8. The van der Waals surface area contributed by atoms with Gasteiger partial charge in [-0.2, -0.15) is 9.78 Å². The summed E-state index contributed by atoms with van der Waals surface area (Å²) < 4.78 is 14.4. The summed E-state index contributed by atoms with van der Waals surface area (Å²) in [6, 6.07) is 12.2. The van der Waals surface area contributed by atoms with E-state index in [1.165, 1.54) is 44.7 Å². The van der Waals surface area contributed by atoms with Crippen LogP contribution >= 0.6 is 34.7 Å². The van der Waals surface area contributed by atoms with Crippen molar-refractivity contribution in [2.75, 3.05) is 31.2 Å². The lowest BCUT2D eigenvalue weighted by atomic mass is 9.96. The van der Waals surface area contributed by atoms with E-state index in [9.17, 15) is 14.4 Å². The number of carbonyl (C=O) groups is 2. The molecule has 5 rings (SSSR count). The van der Waals surface area contributed by atoms with Gasteiger partial charge in [-0.05, 0) is 36.4 Å². The standard InChI is InChI=1S/C28H29ClN4O5S2/c1-28(2,3)27(36)33-26(39-17-19-6-7-23(29)40-19)15-20(30-33)18-13-24(31-8-11-37-12-9-31)32(25(35)14-18)16-21(34)22-5-4-10-38-22/h4-7,10,13-15H,8-9,11-12,16-17H2,1-3H3. The number of morpholine rings is 1. The summed E-state index contributed by atoms with van der Waals surface area (Å²) in [6.07, 6.45) is 1.43. The molecule has 4 aromatic rings. The van der Waals surface area contributed by atoms with Gasteiger partial charge in [0, 0.05) is 40.8 Å². The van der Waals surface area contributed by atoms with E-state index in [4.69, 9.17) is 20.8 Å². The van der Waals surface area contributed by atoms with Gasteiger partial charge < -0.3 is 14.1 Å². The van der Waals surface area contributed by atoms with Crippen LogP contribution < -0.4 is 10.5 Å². The Hall–Kier alpha value is -3.12. The van der Waals surface area contributed by atoms with Crippen molar-refractivity contribution in [1.29, 1.82) is 0 Å². The van der Waals surface area contributed by atoms with Crippen LogP contribution in [-0.2, 0) is 17.0 Å². The van der Waals surface area contributed by atoms with Crippen molar-refractivity contribution < 1.29 is 18.7 Å². The van der Waals surface area contributed by atoms with Gasteiger partial charge in [0.25, 0.3) is 11.5 Å². The largest absolute Gasteiger partial charge is 0.461 e. The van der Waals surface area contributed by atoms with E-state index in [0.717, 1.165) is 4.88 Å². The molecule has 0 aromatic carbocycles. The van der Waals surface area contributed by atoms with Crippen molar-refractivity contribution in [3.8, 4) is 11.3 Å². The fourth-order valence-electron chi connectivity index (χ4n) is 4.25. The van der Waals surface area contributed by atoms with Crippen molar-refractivity contribution in [3.63, 3.8) is 0 Å². The monoisotopic (exact) mass is 600 g/mol. The Morgan fingerprint density at radius 3 is 2.55 bits per heavy atom. The van der Waals surface area contributed by atoms with Crippen molar-refractivity contribution >= 4 is 52.2 Å². The average Bonchev–Trinajstić information content (AvgIpc) is 3.69. The molecule has 9 nitrogen and oxygen atoms in total. The number of rotatable bonds is 8. The summed E-state index contributed by atoms with van der Waals surface area (Å²) in [5.41, 5.74) is 0.0486. The number of furan rings is 1. The van der Waals surface area contributed by atoms with E-state index in [-0.39, 0.29) is 29.6 Å². The Morgan fingerprint density at radius 1 is 1.12 bits per heavy atom. The summed E-state index contributed by atoms with van der Waals surface area (Å²) in [4.78, 5) is 42.8. The van der Waals surface area contributed by atoms with Crippen molar-refractivity contribution in [2.45, 2.75) is 38.1 Å². The molecule has 0 radical (unpaired) electrons. The number of hydrogen-bond acceptors (Lipinski definition) is 9. The lowest BCUT2D eigenvalue weighted by molar-refractivity contribution is 0.0736. The zero-order chi connectivity index (χ0) is 28.4. The van der Waals surface area contributed by atoms with Crippen molar-refractivity contribution in [2.24, 2.45) is 5.41 Å². The van der Waals surface area contributed by atoms with Gasteiger partial charge in [-0.15, -0.1) is 23.1 Å². The summed E-state index contributed by atoms with van der Waals surface area (Å²) >= 11 is 9.08. The second-order valence-electron chi connectivity index (χ2n) is 10.4. The number of ketones is 1. The van der Waals surface area contributed by atoms with Crippen LogP contribution in [0.4, 0.5) is 5.82 Å². The second-order valence-corrected chi connectivity index (χ2v) is 13.2. The third-order valence-electron chi connectivity index (χ3n) is 6.34. The molecule has 0 atom stereocenters. The van der Waals surface area contributed by atoms with Gasteiger partial charge in [0.15, 0.2) is 5.76 Å². The Labute approximate surface area is 244 Å². The Morgan fingerprint density at radius 2 is 1.90 bits per heavy atom. The minimum Gasteiger partial charge on any atom is -0.461 e. The van der Waals surface area contributed by atoms with Crippen LogP contribution in [0.1, 0.15) is 41.0 Å². The summed E-state index contributed by atoms with van der Waals surface area (Å²) in [5.74, 6) is 0.940. The number of carbonyl (C=O) groups excluding carboxylic acids is 2. The van der Waals surface area contributed by atoms with Crippen LogP contribution in [0.25, 0.3) is 11.3 Å². The molecule has 0 amide bonds. The molecular formula is C28H29ClN4O5S2. The van der Waals surface area contributed by atoms with Crippen LogP contribution in [0.2, 0.25) is 4.34 Å². The fourth-order valence-corrected chi connectivity index (χ4v) is 6.37. The highest BCUT2D eigenvalue weighted by molar-refractivity contribution is 7.98. The van der Waals surface area contributed by atoms with E-state index >= 15 is 0 Å². The topological polar surface area (TPSA) is 99.6 Å². The number of thiophene rings is 1. The highest BCUT2D eigenvalue weighted by atomic mass is 35.5. The number of hydrogen-bond donors (Lipinski definition) is 0. The smallest absolute Gasteiger partial charge is 0.253 e. The van der Waals surface area contributed by atoms with E-state index in [0.29, 0.717) is 58.5 Å². The maximum Gasteiger partial charge on any atom is 0.253 e. The first kappa shape index (κ1) is 28.4. The normalized spacial score (nSPS) is 14.1. The van der Waals surface area contributed by atoms with Gasteiger partial charge >= 0.3 is 0 Å². The lowest BCUT2D eigenvalue weighted by Gasteiger charge is -2.31. The molecule has 0 unspecified atom stereocenters. The SMILES string of the molecule is CC(C)(C)C(=O)n1nc(-c2cc(N3CCOCC3)n(CC(=O)c3ccco3)c(=O)c2)cc1SCc1ccc(Cl)s1. The number of thioether (sulfide) groups is 1. The maximum atomic E-state index is 13.5. The molecule has 0 saturated carbocycles.